The monoisotopic (exact) mass is 301 g/mol. The van der Waals surface area contributed by atoms with Gasteiger partial charge in [0.05, 0.1) is 36.5 Å². The van der Waals surface area contributed by atoms with Gasteiger partial charge in [0, 0.05) is 6.54 Å². The Morgan fingerprint density at radius 1 is 1.04 bits per heavy atom. The molecule has 2 aromatic carbocycles. The first-order valence-corrected chi connectivity index (χ1v) is 7.55. The summed E-state index contributed by atoms with van der Waals surface area (Å²) >= 11 is 0. The fourth-order valence-corrected chi connectivity index (χ4v) is 3.24. The predicted molar refractivity (Wildman–Crippen MR) is 85.7 cm³/mol. The first-order chi connectivity index (χ1) is 11.3. The number of imidazole rings is 1. The average Bonchev–Trinajstić information content (AvgIpc) is 3.11. The molecule has 0 aliphatic carbocycles. The Balaban J connectivity index is 1.98. The quantitative estimate of drug-likeness (QED) is 0.731. The third kappa shape index (κ3) is 2.06. The zero-order valence-corrected chi connectivity index (χ0v) is 12.5. The third-order valence-corrected chi connectivity index (χ3v) is 4.32. The molecule has 0 bridgehead atoms. The smallest absolute Gasteiger partial charge is 0.160 e. The molecular weight excluding hydrogens is 286 g/mol. The van der Waals surface area contributed by atoms with Crippen LogP contribution in [0.3, 0.4) is 0 Å². The van der Waals surface area contributed by atoms with E-state index in [4.69, 9.17) is 10.00 Å². The van der Waals surface area contributed by atoms with Gasteiger partial charge in [-0.25, -0.2) is 4.98 Å². The molecule has 0 fully saturated rings. The normalized spacial score (nSPS) is 19.8. The van der Waals surface area contributed by atoms with Gasteiger partial charge in [0.2, 0.25) is 0 Å². The Morgan fingerprint density at radius 3 is 2.52 bits per heavy atom. The summed E-state index contributed by atoms with van der Waals surface area (Å²) in [4.78, 5) is 4.31. The minimum absolute atomic E-state index is 0.609. The molecule has 0 amide bonds. The van der Waals surface area contributed by atoms with Gasteiger partial charge in [0.15, 0.2) is 5.60 Å². The molecule has 0 N–H and O–H groups in total. The molecule has 4 heteroatoms. The molecule has 1 aromatic heterocycles. The van der Waals surface area contributed by atoms with Crippen molar-refractivity contribution < 1.29 is 4.74 Å². The maximum Gasteiger partial charge on any atom is 0.160 e. The van der Waals surface area contributed by atoms with Crippen LogP contribution in [0.2, 0.25) is 0 Å². The van der Waals surface area contributed by atoms with E-state index in [1.807, 2.05) is 55.0 Å². The van der Waals surface area contributed by atoms with E-state index in [2.05, 4.69) is 27.8 Å². The van der Waals surface area contributed by atoms with Crippen molar-refractivity contribution in [3.05, 3.63) is 89.5 Å². The van der Waals surface area contributed by atoms with Crippen molar-refractivity contribution in [2.45, 2.75) is 12.1 Å². The van der Waals surface area contributed by atoms with E-state index in [0.717, 1.165) is 23.4 Å². The summed E-state index contributed by atoms with van der Waals surface area (Å²) in [6.07, 6.45) is 3.71. The van der Waals surface area contributed by atoms with Crippen LogP contribution in [0, 0.1) is 11.3 Å². The van der Waals surface area contributed by atoms with E-state index in [9.17, 15) is 0 Å². The van der Waals surface area contributed by atoms with Gasteiger partial charge >= 0.3 is 0 Å². The number of nitrogens with zero attached hydrogens (tertiary/aromatic N) is 3. The lowest BCUT2D eigenvalue weighted by Crippen LogP contribution is -2.40. The van der Waals surface area contributed by atoms with Gasteiger partial charge in [-0.05, 0) is 23.3 Å². The highest BCUT2D eigenvalue weighted by Crippen LogP contribution is 2.42. The first-order valence-electron chi connectivity index (χ1n) is 7.55. The fraction of sp³-hybridized carbons (Fsp3) is 0.158. The molecule has 0 saturated carbocycles. The molecule has 4 rings (SSSR count). The summed E-state index contributed by atoms with van der Waals surface area (Å²) in [7, 11) is 0. The Morgan fingerprint density at radius 2 is 1.78 bits per heavy atom. The highest BCUT2D eigenvalue weighted by Gasteiger charge is 2.42. The summed E-state index contributed by atoms with van der Waals surface area (Å²) in [6.45, 7) is 1.40. The van der Waals surface area contributed by atoms with Gasteiger partial charge in [-0.1, -0.05) is 42.5 Å². The van der Waals surface area contributed by atoms with E-state index in [1.165, 1.54) is 0 Å². The molecule has 0 spiro atoms. The van der Waals surface area contributed by atoms with E-state index >= 15 is 0 Å². The van der Waals surface area contributed by atoms with Gasteiger partial charge in [0.1, 0.15) is 0 Å². The summed E-state index contributed by atoms with van der Waals surface area (Å²) in [5, 5.41) is 9.05. The van der Waals surface area contributed by atoms with Crippen molar-refractivity contribution in [1.82, 2.24) is 9.55 Å². The lowest BCUT2D eigenvalue weighted by Gasteiger charge is -2.39. The summed E-state index contributed by atoms with van der Waals surface area (Å²) < 4.78 is 8.49. The molecule has 1 aliphatic rings. The number of benzene rings is 2. The third-order valence-electron chi connectivity index (χ3n) is 4.32. The van der Waals surface area contributed by atoms with E-state index < -0.39 is 5.60 Å². The van der Waals surface area contributed by atoms with Crippen LogP contribution in [0.15, 0.2) is 67.1 Å². The highest BCUT2D eigenvalue weighted by atomic mass is 16.5. The number of hydrogen-bond acceptors (Lipinski definition) is 3. The zero-order valence-electron chi connectivity index (χ0n) is 12.5. The number of hydrogen-bond donors (Lipinski definition) is 0. The number of rotatable bonds is 2. The fourth-order valence-electron chi connectivity index (χ4n) is 3.24. The average molecular weight is 301 g/mol. The SMILES string of the molecule is N#Cc1ccc(C2(c3ccccc3)OCCn3cncc32)cc1. The van der Waals surface area contributed by atoms with Gasteiger partial charge in [-0.15, -0.1) is 0 Å². The molecule has 1 atom stereocenters. The summed E-state index contributed by atoms with van der Waals surface area (Å²) in [5.74, 6) is 0. The van der Waals surface area contributed by atoms with Crippen molar-refractivity contribution in [1.29, 1.82) is 5.26 Å². The van der Waals surface area contributed by atoms with Crippen LogP contribution in [0.25, 0.3) is 0 Å². The Labute approximate surface area is 134 Å². The molecular formula is C19H15N3O. The van der Waals surface area contributed by atoms with Crippen LogP contribution in [0.1, 0.15) is 22.4 Å². The summed E-state index contributed by atoms with van der Waals surface area (Å²) in [5.41, 5.74) is 3.03. The highest BCUT2D eigenvalue weighted by molar-refractivity contribution is 5.47. The first kappa shape index (κ1) is 13.7. The van der Waals surface area contributed by atoms with Crippen LogP contribution in [0.4, 0.5) is 0 Å². The molecule has 0 radical (unpaired) electrons. The van der Waals surface area contributed by atoms with Gasteiger partial charge in [-0.3, -0.25) is 0 Å². The van der Waals surface area contributed by atoms with Crippen LogP contribution >= 0.6 is 0 Å². The van der Waals surface area contributed by atoms with Crippen molar-refractivity contribution in [3.8, 4) is 6.07 Å². The van der Waals surface area contributed by atoms with Gasteiger partial charge in [0.25, 0.3) is 0 Å². The number of nitriles is 1. The molecule has 0 saturated heterocycles. The van der Waals surface area contributed by atoms with Crippen LogP contribution in [-0.2, 0) is 16.9 Å². The minimum Gasteiger partial charge on any atom is -0.357 e. The second-order valence-electron chi connectivity index (χ2n) is 5.56. The standard InChI is InChI=1S/C19H15N3O/c20-12-15-6-8-17(9-7-15)19(16-4-2-1-3-5-16)18-13-21-14-22(18)10-11-23-19/h1-9,13-14H,10-11H2. The molecule has 3 aromatic rings. The Hall–Kier alpha value is -2.90. The predicted octanol–water partition coefficient (Wildman–Crippen LogP) is 3.08. The van der Waals surface area contributed by atoms with Crippen molar-refractivity contribution in [3.63, 3.8) is 0 Å². The number of fused-ring (bicyclic) bond motifs is 1. The lowest BCUT2D eigenvalue weighted by atomic mass is 9.82. The zero-order chi connectivity index (χ0) is 15.7. The minimum atomic E-state index is -0.690. The van der Waals surface area contributed by atoms with Crippen LogP contribution in [-0.4, -0.2) is 16.2 Å². The lowest BCUT2D eigenvalue weighted by molar-refractivity contribution is -0.0176. The summed E-state index contributed by atoms with van der Waals surface area (Å²) in [6, 6.07) is 19.9. The van der Waals surface area contributed by atoms with Crippen LogP contribution in [0.5, 0.6) is 0 Å². The van der Waals surface area contributed by atoms with Gasteiger partial charge in [-0.2, -0.15) is 5.26 Å². The molecule has 1 aliphatic heterocycles. The van der Waals surface area contributed by atoms with E-state index in [1.54, 1.807) is 0 Å². The molecule has 23 heavy (non-hydrogen) atoms. The Bertz CT molecular complexity index is 862. The molecule has 4 nitrogen and oxygen atoms in total. The molecule has 112 valence electrons. The van der Waals surface area contributed by atoms with Crippen LogP contribution < -0.4 is 0 Å². The van der Waals surface area contributed by atoms with E-state index in [-0.39, 0.29) is 0 Å². The van der Waals surface area contributed by atoms with E-state index in [0.29, 0.717) is 12.2 Å². The van der Waals surface area contributed by atoms with Gasteiger partial charge < -0.3 is 9.30 Å². The Kier molecular flexibility index (Phi) is 3.22. The number of aromatic nitrogens is 2. The maximum absolute atomic E-state index is 9.05. The molecule has 1 unspecified atom stereocenters. The van der Waals surface area contributed by atoms with Crippen molar-refractivity contribution in [2.75, 3.05) is 6.61 Å². The second kappa shape index (κ2) is 5.38. The van der Waals surface area contributed by atoms with Crippen molar-refractivity contribution in [2.24, 2.45) is 0 Å². The molecule has 2 heterocycles. The maximum atomic E-state index is 9.05. The number of ether oxygens (including phenoxy) is 1. The second-order valence-corrected chi connectivity index (χ2v) is 5.56. The van der Waals surface area contributed by atoms with Crippen molar-refractivity contribution >= 4 is 0 Å². The topological polar surface area (TPSA) is 50.8 Å². The largest absolute Gasteiger partial charge is 0.357 e.